The number of hydrogen-bond acceptors (Lipinski definition) is 4. The molecule has 8 heteroatoms. The molecule has 1 aromatic heterocycles. The molecule has 0 aromatic carbocycles. The Bertz CT molecular complexity index is 538. The van der Waals surface area contributed by atoms with Crippen LogP contribution < -0.4 is 4.72 Å². The first kappa shape index (κ1) is 16.6. The molecule has 0 aliphatic carbocycles. The van der Waals surface area contributed by atoms with Crippen molar-refractivity contribution in [3.8, 4) is 0 Å². The maximum absolute atomic E-state index is 12.1. The molecule has 1 aromatic rings. The summed E-state index contributed by atoms with van der Waals surface area (Å²) in [5.74, 6) is -0.221. The van der Waals surface area contributed by atoms with Crippen molar-refractivity contribution in [3.63, 3.8) is 0 Å². The van der Waals surface area contributed by atoms with Gasteiger partial charge in [-0.25, -0.2) is 8.42 Å². The van der Waals surface area contributed by atoms with E-state index in [0.29, 0.717) is 17.6 Å². The molecule has 1 N–H and O–H groups in total. The molecule has 0 radical (unpaired) electrons. The van der Waals surface area contributed by atoms with Crippen molar-refractivity contribution in [2.75, 3.05) is 13.1 Å². The van der Waals surface area contributed by atoms with E-state index < -0.39 is 16.1 Å². The Balaban J connectivity index is 2.85. The van der Waals surface area contributed by atoms with Gasteiger partial charge < -0.3 is 4.90 Å². The maximum atomic E-state index is 12.1. The second-order valence-corrected chi connectivity index (χ2v) is 7.59. The Morgan fingerprint density at radius 3 is 2.47 bits per heavy atom. The minimum Gasteiger partial charge on any atom is -0.342 e. The zero-order chi connectivity index (χ0) is 14.6. The standard InChI is InChI=1S/C11H17BrN2O3S2/c1-4-14(5-2)10(15)8(3)13-19(16,17)11-9(12)6-7-18-11/h6-8,13H,4-5H2,1-3H3. The number of rotatable bonds is 6. The Morgan fingerprint density at radius 1 is 1.47 bits per heavy atom. The summed E-state index contributed by atoms with van der Waals surface area (Å²) in [5, 5.41) is 1.68. The minimum absolute atomic E-state index is 0.187. The van der Waals surface area contributed by atoms with E-state index in [-0.39, 0.29) is 10.1 Å². The summed E-state index contributed by atoms with van der Waals surface area (Å²) in [6.07, 6.45) is 0. The lowest BCUT2D eigenvalue weighted by Gasteiger charge is -2.23. The van der Waals surface area contributed by atoms with E-state index in [1.54, 1.807) is 23.3 Å². The van der Waals surface area contributed by atoms with Crippen molar-refractivity contribution in [1.29, 1.82) is 0 Å². The monoisotopic (exact) mass is 368 g/mol. The molecule has 1 amide bonds. The third kappa shape index (κ3) is 4.01. The molecule has 0 aliphatic rings. The number of nitrogens with zero attached hydrogens (tertiary/aromatic N) is 1. The molecule has 0 aliphatic heterocycles. The van der Waals surface area contributed by atoms with Crippen molar-refractivity contribution >= 4 is 43.2 Å². The number of amides is 1. The third-order valence-corrected chi connectivity index (χ3v) is 6.82. The molecule has 0 fully saturated rings. The van der Waals surface area contributed by atoms with Gasteiger partial charge in [-0.3, -0.25) is 4.79 Å². The largest absolute Gasteiger partial charge is 0.342 e. The molecule has 19 heavy (non-hydrogen) atoms. The summed E-state index contributed by atoms with van der Waals surface area (Å²) >= 11 is 4.29. The molecule has 0 bridgehead atoms. The predicted molar refractivity (Wildman–Crippen MR) is 79.7 cm³/mol. The molecule has 0 spiro atoms. The summed E-state index contributed by atoms with van der Waals surface area (Å²) in [5.41, 5.74) is 0. The minimum atomic E-state index is -3.67. The number of likely N-dealkylation sites (N-methyl/N-ethyl adjacent to an activating group) is 1. The van der Waals surface area contributed by atoms with Gasteiger partial charge in [0, 0.05) is 17.6 Å². The SMILES string of the molecule is CCN(CC)C(=O)C(C)NS(=O)(=O)c1sccc1Br. The van der Waals surface area contributed by atoms with Crippen LogP contribution in [0.1, 0.15) is 20.8 Å². The van der Waals surface area contributed by atoms with Crippen molar-refractivity contribution in [2.24, 2.45) is 0 Å². The molecule has 0 saturated heterocycles. The quantitative estimate of drug-likeness (QED) is 0.835. The lowest BCUT2D eigenvalue weighted by atomic mass is 10.3. The third-order valence-electron chi connectivity index (χ3n) is 2.61. The molecular weight excluding hydrogens is 352 g/mol. The van der Waals surface area contributed by atoms with E-state index in [2.05, 4.69) is 20.7 Å². The first-order valence-electron chi connectivity index (χ1n) is 5.87. The Kier molecular flexibility index (Phi) is 5.97. The Hall–Kier alpha value is -0.440. The van der Waals surface area contributed by atoms with Crippen molar-refractivity contribution in [1.82, 2.24) is 9.62 Å². The predicted octanol–water partition coefficient (Wildman–Crippen LogP) is 2.05. The molecule has 0 saturated carbocycles. The number of hydrogen-bond donors (Lipinski definition) is 1. The highest BCUT2D eigenvalue weighted by atomic mass is 79.9. The van der Waals surface area contributed by atoms with Gasteiger partial charge in [-0.05, 0) is 48.1 Å². The number of carbonyl (C=O) groups is 1. The van der Waals surface area contributed by atoms with Crippen LogP contribution in [0.3, 0.4) is 0 Å². The van der Waals surface area contributed by atoms with Gasteiger partial charge in [0.05, 0.1) is 6.04 Å². The number of halogens is 1. The summed E-state index contributed by atoms with van der Waals surface area (Å²) < 4.78 is 27.4. The van der Waals surface area contributed by atoms with Gasteiger partial charge in [-0.1, -0.05) is 0 Å². The van der Waals surface area contributed by atoms with Crippen molar-refractivity contribution in [2.45, 2.75) is 31.0 Å². The molecular formula is C11H17BrN2O3S2. The molecule has 108 valence electrons. The lowest BCUT2D eigenvalue weighted by Crippen LogP contribution is -2.46. The number of nitrogens with one attached hydrogen (secondary N) is 1. The van der Waals surface area contributed by atoms with Crippen molar-refractivity contribution < 1.29 is 13.2 Å². The van der Waals surface area contributed by atoms with Crippen LogP contribution in [0.5, 0.6) is 0 Å². The molecule has 1 rings (SSSR count). The number of carbonyl (C=O) groups excluding carboxylic acids is 1. The topological polar surface area (TPSA) is 66.5 Å². The van der Waals surface area contributed by atoms with E-state index in [1.165, 1.54) is 0 Å². The average molecular weight is 369 g/mol. The van der Waals surface area contributed by atoms with Gasteiger partial charge in [0.1, 0.15) is 4.21 Å². The van der Waals surface area contributed by atoms with Gasteiger partial charge in [-0.2, -0.15) is 4.72 Å². The number of sulfonamides is 1. The number of thiophene rings is 1. The van der Waals surface area contributed by atoms with Gasteiger partial charge in [0.15, 0.2) is 0 Å². The van der Waals surface area contributed by atoms with E-state index in [9.17, 15) is 13.2 Å². The van der Waals surface area contributed by atoms with Crippen LogP contribution >= 0.6 is 27.3 Å². The summed E-state index contributed by atoms with van der Waals surface area (Å²) in [6, 6.07) is 0.884. The van der Waals surface area contributed by atoms with E-state index in [4.69, 9.17) is 0 Å². The van der Waals surface area contributed by atoms with Crippen LogP contribution in [0.2, 0.25) is 0 Å². The Morgan fingerprint density at radius 2 is 2.05 bits per heavy atom. The average Bonchev–Trinajstić information content (AvgIpc) is 2.77. The molecule has 1 atom stereocenters. The maximum Gasteiger partial charge on any atom is 0.251 e. The fourth-order valence-corrected chi connectivity index (χ4v) is 5.17. The van der Waals surface area contributed by atoms with Crippen LogP contribution in [0.25, 0.3) is 0 Å². The first-order chi connectivity index (χ1) is 8.83. The molecule has 1 heterocycles. The zero-order valence-electron chi connectivity index (χ0n) is 11.0. The first-order valence-corrected chi connectivity index (χ1v) is 9.03. The van der Waals surface area contributed by atoms with Gasteiger partial charge in [0.25, 0.3) is 10.0 Å². The fraction of sp³-hybridized carbons (Fsp3) is 0.545. The van der Waals surface area contributed by atoms with E-state index >= 15 is 0 Å². The smallest absolute Gasteiger partial charge is 0.251 e. The van der Waals surface area contributed by atoms with Crippen LogP contribution in [0.4, 0.5) is 0 Å². The highest BCUT2D eigenvalue weighted by Gasteiger charge is 2.26. The van der Waals surface area contributed by atoms with Crippen LogP contribution in [-0.4, -0.2) is 38.4 Å². The summed E-state index contributed by atoms with van der Waals surface area (Å²) in [6.45, 7) is 6.39. The second-order valence-electron chi connectivity index (χ2n) is 3.91. The van der Waals surface area contributed by atoms with E-state index in [0.717, 1.165) is 11.3 Å². The normalized spacial score (nSPS) is 13.3. The van der Waals surface area contributed by atoms with Gasteiger partial charge >= 0.3 is 0 Å². The molecule has 5 nitrogen and oxygen atoms in total. The van der Waals surface area contributed by atoms with Gasteiger partial charge in [-0.15, -0.1) is 11.3 Å². The zero-order valence-corrected chi connectivity index (χ0v) is 14.2. The van der Waals surface area contributed by atoms with Crippen LogP contribution in [0, 0.1) is 0 Å². The molecule has 1 unspecified atom stereocenters. The lowest BCUT2D eigenvalue weighted by molar-refractivity contribution is -0.132. The summed E-state index contributed by atoms with van der Waals surface area (Å²) in [7, 11) is -3.67. The Labute approximate surface area is 126 Å². The van der Waals surface area contributed by atoms with E-state index in [1.807, 2.05) is 13.8 Å². The highest BCUT2D eigenvalue weighted by molar-refractivity contribution is 9.10. The second kappa shape index (κ2) is 6.83. The van der Waals surface area contributed by atoms with Crippen molar-refractivity contribution in [3.05, 3.63) is 15.9 Å². The summed E-state index contributed by atoms with van der Waals surface area (Å²) in [4.78, 5) is 13.6. The fourth-order valence-electron chi connectivity index (χ4n) is 1.62. The van der Waals surface area contributed by atoms with Crippen LogP contribution in [0.15, 0.2) is 20.1 Å². The van der Waals surface area contributed by atoms with Gasteiger partial charge in [0.2, 0.25) is 5.91 Å². The highest BCUT2D eigenvalue weighted by Crippen LogP contribution is 2.27. The van der Waals surface area contributed by atoms with Crippen LogP contribution in [-0.2, 0) is 14.8 Å².